The van der Waals surface area contributed by atoms with Crippen molar-refractivity contribution in [2.75, 3.05) is 7.11 Å². The van der Waals surface area contributed by atoms with Gasteiger partial charge >= 0.3 is 0 Å². The minimum absolute atomic E-state index is 0.0524. The molecule has 0 heterocycles. The van der Waals surface area contributed by atoms with Crippen LogP contribution in [0.5, 0.6) is 0 Å². The van der Waals surface area contributed by atoms with Gasteiger partial charge in [-0.2, -0.15) is 0 Å². The maximum Gasteiger partial charge on any atom is 0.168 e. The quantitative estimate of drug-likeness (QED) is 0.813. The Balaban J connectivity index is 2.12. The molecule has 1 aliphatic rings. The molecule has 0 saturated heterocycles. The lowest BCUT2D eigenvalue weighted by molar-refractivity contribution is -0.147. The minimum atomic E-state index is -0.698. The molecule has 2 nitrogen and oxygen atoms in total. The van der Waals surface area contributed by atoms with Crippen molar-refractivity contribution in [2.24, 2.45) is 5.41 Å². The Kier molecular flexibility index (Phi) is 4.74. The number of carbonyl (C=O) groups excluding carboxylic acids is 1. The second-order valence-corrected chi connectivity index (χ2v) is 7.12. The highest BCUT2D eigenvalue weighted by Gasteiger charge is 2.43. The zero-order chi connectivity index (χ0) is 15.7. The van der Waals surface area contributed by atoms with Crippen LogP contribution >= 0.6 is 11.6 Å². The molecule has 0 atom stereocenters. The van der Waals surface area contributed by atoms with Crippen molar-refractivity contribution in [2.45, 2.75) is 51.6 Å². The van der Waals surface area contributed by atoms with Gasteiger partial charge in [0.15, 0.2) is 5.78 Å². The summed E-state index contributed by atoms with van der Waals surface area (Å²) < 4.78 is 18.8. The van der Waals surface area contributed by atoms with Crippen LogP contribution in [0.1, 0.15) is 45.1 Å². The molecular weight excluding hydrogens is 291 g/mol. The Morgan fingerprint density at radius 3 is 2.43 bits per heavy atom. The Morgan fingerprint density at radius 1 is 1.29 bits per heavy atom. The van der Waals surface area contributed by atoms with E-state index in [-0.39, 0.29) is 22.6 Å². The van der Waals surface area contributed by atoms with E-state index in [1.165, 1.54) is 12.1 Å². The number of ether oxygens (including phenoxy) is 1. The topological polar surface area (TPSA) is 26.3 Å². The molecule has 0 unspecified atom stereocenters. The zero-order valence-corrected chi connectivity index (χ0v) is 13.6. The largest absolute Gasteiger partial charge is 0.370 e. The lowest BCUT2D eigenvalue weighted by Gasteiger charge is -2.41. The van der Waals surface area contributed by atoms with E-state index in [0.717, 1.165) is 31.2 Å². The lowest BCUT2D eigenvalue weighted by Crippen LogP contribution is -2.46. The van der Waals surface area contributed by atoms with Gasteiger partial charge in [-0.3, -0.25) is 4.79 Å². The summed E-state index contributed by atoms with van der Waals surface area (Å²) in [5, 5.41) is 0.0524. The number of rotatable bonds is 4. The summed E-state index contributed by atoms with van der Waals surface area (Å²) >= 11 is 5.77. The standard InChI is InChI=1S/C17H22ClFO2/c1-16(2)6-8-17(21-3,9-7-16)15(20)11-12-4-5-14(19)13(18)10-12/h4-5,10H,6-9,11H2,1-3H3. The highest BCUT2D eigenvalue weighted by atomic mass is 35.5. The Bertz CT molecular complexity index is 530. The number of carbonyl (C=O) groups is 1. The fraction of sp³-hybridized carbons (Fsp3) is 0.588. The summed E-state index contributed by atoms with van der Waals surface area (Å²) in [7, 11) is 1.61. The number of ketones is 1. The SMILES string of the molecule is COC1(C(=O)Cc2ccc(F)c(Cl)c2)CCC(C)(C)CC1. The van der Waals surface area contributed by atoms with E-state index in [4.69, 9.17) is 16.3 Å². The van der Waals surface area contributed by atoms with Gasteiger partial charge in [-0.1, -0.05) is 31.5 Å². The summed E-state index contributed by atoms with van der Waals surface area (Å²) in [4.78, 5) is 12.7. The number of hydrogen-bond acceptors (Lipinski definition) is 2. The van der Waals surface area contributed by atoms with Crippen LogP contribution in [0.15, 0.2) is 18.2 Å². The van der Waals surface area contributed by atoms with Crippen molar-refractivity contribution in [1.29, 1.82) is 0 Å². The van der Waals surface area contributed by atoms with Gasteiger partial charge < -0.3 is 4.74 Å². The van der Waals surface area contributed by atoms with E-state index in [0.29, 0.717) is 0 Å². The van der Waals surface area contributed by atoms with Crippen LogP contribution in [-0.4, -0.2) is 18.5 Å². The Labute approximate surface area is 130 Å². The van der Waals surface area contributed by atoms with Crippen LogP contribution in [0.2, 0.25) is 5.02 Å². The van der Waals surface area contributed by atoms with Gasteiger partial charge in [0, 0.05) is 13.5 Å². The van der Waals surface area contributed by atoms with Gasteiger partial charge in [0.25, 0.3) is 0 Å². The molecule has 2 rings (SSSR count). The molecule has 1 aromatic rings. The number of methoxy groups -OCH3 is 1. The molecule has 0 N–H and O–H groups in total. The highest BCUT2D eigenvalue weighted by molar-refractivity contribution is 6.30. The first-order valence-corrected chi connectivity index (χ1v) is 7.68. The summed E-state index contributed by atoms with van der Waals surface area (Å²) in [6.45, 7) is 4.44. The van der Waals surface area contributed by atoms with Crippen LogP contribution in [0.3, 0.4) is 0 Å². The van der Waals surface area contributed by atoms with E-state index in [1.807, 2.05) is 0 Å². The van der Waals surface area contributed by atoms with E-state index < -0.39 is 11.4 Å². The van der Waals surface area contributed by atoms with Crippen LogP contribution in [-0.2, 0) is 16.0 Å². The Morgan fingerprint density at radius 2 is 1.90 bits per heavy atom. The molecule has 0 aromatic heterocycles. The van der Waals surface area contributed by atoms with Crippen LogP contribution in [0.4, 0.5) is 4.39 Å². The third-order valence-electron chi connectivity index (χ3n) is 4.66. The second-order valence-electron chi connectivity index (χ2n) is 6.71. The van der Waals surface area contributed by atoms with Crippen molar-refractivity contribution >= 4 is 17.4 Å². The van der Waals surface area contributed by atoms with Gasteiger partial charge in [-0.15, -0.1) is 0 Å². The van der Waals surface area contributed by atoms with Crippen LogP contribution in [0, 0.1) is 11.2 Å². The average Bonchev–Trinajstić information content (AvgIpc) is 2.43. The first-order chi connectivity index (χ1) is 9.78. The Hall–Kier alpha value is -0.930. The summed E-state index contributed by atoms with van der Waals surface area (Å²) in [6, 6.07) is 4.43. The van der Waals surface area contributed by atoms with Gasteiger partial charge in [0.1, 0.15) is 11.4 Å². The van der Waals surface area contributed by atoms with Crippen LogP contribution in [0.25, 0.3) is 0 Å². The molecule has 0 amide bonds. The number of benzene rings is 1. The van der Waals surface area contributed by atoms with E-state index in [2.05, 4.69) is 13.8 Å². The maximum absolute atomic E-state index is 13.2. The molecule has 116 valence electrons. The first kappa shape index (κ1) is 16.4. The second kappa shape index (κ2) is 6.05. The highest BCUT2D eigenvalue weighted by Crippen LogP contribution is 2.42. The fourth-order valence-electron chi connectivity index (χ4n) is 2.92. The normalized spacial score (nSPS) is 20.2. The molecule has 0 spiro atoms. The van der Waals surface area contributed by atoms with Crippen molar-refractivity contribution in [3.63, 3.8) is 0 Å². The zero-order valence-electron chi connectivity index (χ0n) is 12.8. The van der Waals surface area contributed by atoms with Crippen LogP contribution < -0.4 is 0 Å². The van der Waals surface area contributed by atoms with E-state index in [9.17, 15) is 9.18 Å². The molecule has 0 aliphatic heterocycles. The predicted molar refractivity (Wildman–Crippen MR) is 82.1 cm³/mol. The maximum atomic E-state index is 13.2. The fourth-order valence-corrected chi connectivity index (χ4v) is 3.13. The van der Waals surface area contributed by atoms with Crippen molar-refractivity contribution in [3.05, 3.63) is 34.6 Å². The van der Waals surface area contributed by atoms with E-state index >= 15 is 0 Å². The number of Topliss-reactive ketones (excluding diaryl/α,β-unsaturated/α-hetero) is 1. The number of halogens is 2. The van der Waals surface area contributed by atoms with Crippen molar-refractivity contribution < 1.29 is 13.9 Å². The monoisotopic (exact) mass is 312 g/mol. The third kappa shape index (κ3) is 3.64. The van der Waals surface area contributed by atoms with Crippen molar-refractivity contribution in [3.8, 4) is 0 Å². The third-order valence-corrected chi connectivity index (χ3v) is 4.95. The summed E-state index contributed by atoms with van der Waals surface area (Å²) in [5.74, 6) is -0.406. The molecular formula is C17H22ClFO2. The number of hydrogen-bond donors (Lipinski definition) is 0. The molecule has 0 bridgehead atoms. The molecule has 1 saturated carbocycles. The molecule has 1 aromatic carbocycles. The van der Waals surface area contributed by atoms with Crippen molar-refractivity contribution in [1.82, 2.24) is 0 Å². The smallest absolute Gasteiger partial charge is 0.168 e. The average molecular weight is 313 g/mol. The predicted octanol–water partition coefficient (Wildman–Crippen LogP) is 4.58. The van der Waals surface area contributed by atoms with Gasteiger partial charge in [0.05, 0.1) is 5.02 Å². The molecule has 21 heavy (non-hydrogen) atoms. The molecule has 1 aliphatic carbocycles. The molecule has 4 heteroatoms. The van der Waals surface area contributed by atoms with E-state index in [1.54, 1.807) is 13.2 Å². The summed E-state index contributed by atoms with van der Waals surface area (Å²) in [5.41, 5.74) is 0.297. The van der Waals surface area contributed by atoms with Gasteiger partial charge in [-0.25, -0.2) is 4.39 Å². The van der Waals surface area contributed by atoms with Gasteiger partial charge in [0.2, 0.25) is 0 Å². The first-order valence-electron chi connectivity index (χ1n) is 7.30. The van der Waals surface area contributed by atoms with Gasteiger partial charge in [-0.05, 0) is 48.8 Å². The summed E-state index contributed by atoms with van der Waals surface area (Å²) in [6.07, 6.45) is 3.65. The lowest BCUT2D eigenvalue weighted by atomic mass is 9.69. The molecule has 1 fully saturated rings. The molecule has 0 radical (unpaired) electrons. The minimum Gasteiger partial charge on any atom is -0.370 e.